The van der Waals surface area contributed by atoms with Gasteiger partial charge in [-0.05, 0) is 42.2 Å². The van der Waals surface area contributed by atoms with E-state index in [2.05, 4.69) is 26.1 Å². The van der Waals surface area contributed by atoms with E-state index in [0.29, 0.717) is 53.4 Å². The van der Waals surface area contributed by atoms with Crippen LogP contribution in [0.1, 0.15) is 58.9 Å². The van der Waals surface area contributed by atoms with Crippen molar-refractivity contribution >= 4 is 29.5 Å². The fourth-order valence-corrected chi connectivity index (χ4v) is 5.05. The van der Waals surface area contributed by atoms with E-state index in [1.54, 1.807) is 30.0 Å². The Balaban J connectivity index is 2.09. The van der Waals surface area contributed by atoms with E-state index in [0.717, 1.165) is 11.4 Å². The first-order chi connectivity index (χ1) is 16.1. The normalized spacial score (nSPS) is 19.4. The first-order valence-electron chi connectivity index (χ1n) is 11.4. The molecule has 8 heteroatoms. The summed E-state index contributed by atoms with van der Waals surface area (Å²) < 4.78 is 16.3. The number of methoxy groups -OCH3 is 1. The van der Waals surface area contributed by atoms with Crippen LogP contribution < -0.4 is 14.8 Å². The zero-order valence-electron chi connectivity index (χ0n) is 20.7. The molecule has 1 atom stereocenters. The lowest BCUT2D eigenvalue weighted by Crippen LogP contribution is -2.38. The van der Waals surface area contributed by atoms with Crippen molar-refractivity contribution in [2.75, 3.05) is 25.2 Å². The Hall–Kier alpha value is -2.74. The highest BCUT2D eigenvalue weighted by atomic mass is 32.2. The van der Waals surface area contributed by atoms with E-state index < -0.39 is 17.9 Å². The van der Waals surface area contributed by atoms with Gasteiger partial charge in [-0.1, -0.05) is 26.8 Å². The maximum atomic E-state index is 13.4. The smallest absolute Gasteiger partial charge is 0.336 e. The van der Waals surface area contributed by atoms with Gasteiger partial charge in [-0.15, -0.1) is 0 Å². The second-order valence-corrected chi connectivity index (χ2v) is 10.7. The van der Waals surface area contributed by atoms with Crippen LogP contribution in [0.15, 0.2) is 40.7 Å². The third kappa shape index (κ3) is 5.66. The van der Waals surface area contributed by atoms with Crippen molar-refractivity contribution in [2.24, 2.45) is 5.41 Å². The van der Waals surface area contributed by atoms with Gasteiger partial charge in [-0.3, -0.25) is 9.59 Å². The predicted octanol–water partition coefficient (Wildman–Crippen LogP) is 4.52. The van der Waals surface area contributed by atoms with Gasteiger partial charge in [0.05, 0.1) is 12.7 Å². The molecule has 0 radical (unpaired) electrons. The molecule has 1 aliphatic carbocycles. The molecule has 1 N–H and O–H groups in total. The fourth-order valence-electron chi connectivity index (χ4n) is 4.56. The Morgan fingerprint density at radius 3 is 2.59 bits per heavy atom. The number of hydrogen-bond acceptors (Lipinski definition) is 8. The number of ketones is 1. The molecule has 0 fully saturated rings. The van der Waals surface area contributed by atoms with Crippen molar-refractivity contribution < 1.29 is 28.6 Å². The number of allylic oxidation sites excluding steroid dienone is 3. The van der Waals surface area contributed by atoms with E-state index >= 15 is 0 Å². The van der Waals surface area contributed by atoms with E-state index in [4.69, 9.17) is 14.2 Å². The summed E-state index contributed by atoms with van der Waals surface area (Å²) in [4.78, 5) is 38.1. The number of rotatable bonds is 8. The number of Topliss-reactive ketones (excluding diaryl/α,β-unsaturated/α-hetero) is 1. The van der Waals surface area contributed by atoms with Gasteiger partial charge in [0.25, 0.3) is 0 Å². The van der Waals surface area contributed by atoms with Gasteiger partial charge in [-0.25, -0.2) is 4.79 Å². The minimum atomic E-state index is -0.605. The second kappa shape index (κ2) is 10.7. The second-order valence-electron chi connectivity index (χ2n) is 9.27. The molecule has 0 amide bonds. The molecule has 184 valence electrons. The van der Waals surface area contributed by atoms with Crippen LogP contribution in [0.25, 0.3) is 0 Å². The zero-order valence-corrected chi connectivity index (χ0v) is 21.5. The molecule has 0 saturated carbocycles. The summed E-state index contributed by atoms with van der Waals surface area (Å²) in [5, 5.41) is 3.33. The zero-order chi connectivity index (χ0) is 25.0. The molecular weight excluding hydrogens is 454 g/mol. The summed E-state index contributed by atoms with van der Waals surface area (Å²) in [5.41, 5.74) is 3.03. The Kier molecular flexibility index (Phi) is 8.13. The Morgan fingerprint density at radius 1 is 1.21 bits per heavy atom. The highest BCUT2D eigenvalue weighted by molar-refractivity contribution is 7.99. The van der Waals surface area contributed by atoms with Gasteiger partial charge in [0, 0.05) is 42.0 Å². The summed E-state index contributed by atoms with van der Waals surface area (Å²) in [5.74, 6) is 0.766. The largest absolute Gasteiger partial charge is 0.493 e. The quantitative estimate of drug-likeness (QED) is 0.325. The molecule has 0 aromatic heterocycles. The number of carbonyl (C=O) groups excluding carboxylic acids is 3. The van der Waals surface area contributed by atoms with E-state index in [1.165, 1.54) is 14.0 Å². The van der Waals surface area contributed by atoms with Gasteiger partial charge in [0.2, 0.25) is 0 Å². The number of esters is 2. The van der Waals surface area contributed by atoms with Gasteiger partial charge in [0.15, 0.2) is 17.3 Å². The topological polar surface area (TPSA) is 90.9 Å². The monoisotopic (exact) mass is 487 g/mol. The molecule has 1 unspecified atom stereocenters. The van der Waals surface area contributed by atoms with Crippen LogP contribution in [0.5, 0.6) is 11.5 Å². The van der Waals surface area contributed by atoms with Crippen molar-refractivity contribution in [3.8, 4) is 11.5 Å². The first kappa shape index (κ1) is 25.9. The third-order valence-electron chi connectivity index (χ3n) is 5.90. The molecule has 1 aromatic carbocycles. The maximum absolute atomic E-state index is 13.4. The Bertz CT molecular complexity index is 1060. The molecule has 0 spiro atoms. The first-order valence-corrected chi connectivity index (χ1v) is 12.6. The highest BCUT2D eigenvalue weighted by Crippen LogP contribution is 2.47. The lowest BCUT2D eigenvalue weighted by molar-refractivity contribution is -0.138. The molecule has 1 heterocycles. The molecule has 34 heavy (non-hydrogen) atoms. The number of hydrogen-bond donors (Lipinski definition) is 1. The van der Waals surface area contributed by atoms with Crippen LogP contribution in [-0.2, 0) is 19.1 Å². The molecular formula is C26H33NO6S. The lowest BCUT2D eigenvalue weighted by atomic mass is 9.68. The number of carbonyl (C=O) groups is 3. The predicted molar refractivity (Wildman–Crippen MR) is 132 cm³/mol. The van der Waals surface area contributed by atoms with Crippen LogP contribution in [-0.4, -0.2) is 42.9 Å². The van der Waals surface area contributed by atoms with Gasteiger partial charge < -0.3 is 19.5 Å². The summed E-state index contributed by atoms with van der Waals surface area (Å²) in [6.07, 6.45) is 1.08. The van der Waals surface area contributed by atoms with Gasteiger partial charge in [-0.2, -0.15) is 11.8 Å². The number of ether oxygens (including phenoxy) is 3. The molecule has 0 saturated heterocycles. The van der Waals surface area contributed by atoms with Crippen molar-refractivity contribution in [1.29, 1.82) is 0 Å². The highest BCUT2D eigenvalue weighted by Gasteiger charge is 2.43. The van der Waals surface area contributed by atoms with Crippen LogP contribution >= 0.6 is 11.8 Å². The molecule has 2 aliphatic rings. The van der Waals surface area contributed by atoms with Crippen molar-refractivity contribution in [2.45, 2.75) is 53.4 Å². The van der Waals surface area contributed by atoms with Crippen LogP contribution in [0.3, 0.4) is 0 Å². The Morgan fingerprint density at radius 2 is 1.94 bits per heavy atom. The molecule has 7 nitrogen and oxygen atoms in total. The molecule has 3 rings (SSSR count). The summed E-state index contributed by atoms with van der Waals surface area (Å²) in [7, 11) is 1.48. The van der Waals surface area contributed by atoms with Crippen molar-refractivity contribution in [1.82, 2.24) is 5.32 Å². The van der Waals surface area contributed by atoms with E-state index in [1.807, 2.05) is 6.92 Å². The standard InChI is InChI=1S/C26H33NO6S/c1-7-34-11-10-32-25(30)22-15(2)27-18-13-26(4,5)14-19(29)24(18)23(22)17-8-9-20(33-16(3)28)21(12-17)31-6/h8-9,12,23,27H,7,10-11,13-14H2,1-6H3. The van der Waals surface area contributed by atoms with E-state index in [9.17, 15) is 14.4 Å². The van der Waals surface area contributed by atoms with Crippen molar-refractivity contribution in [3.05, 3.63) is 46.3 Å². The lowest BCUT2D eigenvalue weighted by Gasteiger charge is -2.39. The fraction of sp³-hybridized carbons (Fsp3) is 0.500. The number of thioether (sulfide) groups is 1. The van der Waals surface area contributed by atoms with Crippen LogP contribution in [0.4, 0.5) is 0 Å². The minimum Gasteiger partial charge on any atom is -0.493 e. The number of benzene rings is 1. The molecule has 1 aliphatic heterocycles. The molecule has 1 aromatic rings. The molecule has 0 bridgehead atoms. The minimum absolute atomic E-state index is 0.00566. The average Bonchev–Trinajstić information content (AvgIpc) is 2.74. The summed E-state index contributed by atoms with van der Waals surface area (Å²) in [6, 6.07) is 5.12. The SMILES string of the molecule is CCSCCOC(=O)C1=C(C)NC2=C(C(=O)CC(C)(C)C2)C1c1ccc(OC(C)=O)c(OC)c1. The number of nitrogens with one attached hydrogen (secondary N) is 1. The van der Waals surface area contributed by atoms with Crippen LogP contribution in [0, 0.1) is 5.41 Å². The van der Waals surface area contributed by atoms with Gasteiger partial charge in [0.1, 0.15) is 6.61 Å². The summed E-state index contributed by atoms with van der Waals surface area (Å²) in [6.45, 7) is 9.63. The average molecular weight is 488 g/mol. The van der Waals surface area contributed by atoms with E-state index in [-0.39, 0.29) is 16.9 Å². The Labute approximate surface area is 205 Å². The summed E-state index contributed by atoms with van der Waals surface area (Å²) >= 11 is 1.69. The van der Waals surface area contributed by atoms with Crippen LogP contribution in [0.2, 0.25) is 0 Å². The maximum Gasteiger partial charge on any atom is 0.336 e. The van der Waals surface area contributed by atoms with Crippen molar-refractivity contribution in [3.63, 3.8) is 0 Å². The number of dihydropyridines is 1. The van der Waals surface area contributed by atoms with Gasteiger partial charge >= 0.3 is 11.9 Å². The third-order valence-corrected chi connectivity index (χ3v) is 6.76.